The molecule has 0 saturated heterocycles. The summed E-state index contributed by atoms with van der Waals surface area (Å²) in [6, 6.07) is 3.36. The van der Waals surface area contributed by atoms with Gasteiger partial charge in [-0.05, 0) is 9.03 Å². The summed E-state index contributed by atoms with van der Waals surface area (Å²) >= 11 is 0. The molecule has 0 saturated carbocycles. The summed E-state index contributed by atoms with van der Waals surface area (Å²) in [6.07, 6.45) is 0.893. The first-order valence-electron chi connectivity index (χ1n) is 5.55. The van der Waals surface area contributed by atoms with Gasteiger partial charge in [0.1, 0.15) is 0 Å². The van der Waals surface area contributed by atoms with E-state index < -0.39 is 0 Å². The molecular formula is C13H22N2P2W. The second kappa shape index (κ2) is 11.1. The summed E-state index contributed by atoms with van der Waals surface area (Å²) in [4.78, 5) is 0. The Morgan fingerprint density at radius 2 is 1.61 bits per heavy atom. The average Bonchev–Trinajstić information content (AvgIpc) is 2.32. The fraction of sp³-hybridized carbons (Fsp3) is 0.462. The first-order chi connectivity index (χ1) is 7.99. The van der Waals surface area contributed by atoms with Crippen LogP contribution in [0.5, 0.6) is 0 Å². The predicted octanol–water partition coefficient (Wildman–Crippen LogP) is 4.11. The van der Waals surface area contributed by atoms with Crippen LogP contribution in [0.4, 0.5) is 5.69 Å². The molecule has 0 radical (unpaired) electrons. The third kappa shape index (κ3) is 6.42. The molecule has 0 aromatic heterocycles. The Labute approximate surface area is 130 Å². The molecule has 0 spiro atoms. The van der Waals surface area contributed by atoms with E-state index in [9.17, 15) is 0 Å². The van der Waals surface area contributed by atoms with Crippen LogP contribution < -0.4 is 5.32 Å². The monoisotopic (exact) mass is 452 g/mol. The zero-order valence-corrected chi connectivity index (χ0v) is 16.6. The van der Waals surface area contributed by atoms with Crippen LogP contribution in [0.2, 0.25) is 0 Å². The van der Waals surface area contributed by atoms with Gasteiger partial charge in [-0.1, -0.05) is 39.9 Å². The molecule has 1 rings (SSSR count). The van der Waals surface area contributed by atoms with Crippen molar-refractivity contribution in [3.63, 3.8) is 0 Å². The molecule has 18 heavy (non-hydrogen) atoms. The smallest absolute Gasteiger partial charge is 0.402 e. The number of benzene rings is 1. The van der Waals surface area contributed by atoms with Crippen LogP contribution in [0.15, 0.2) is 4.74 Å². The molecule has 2 nitrogen and oxygen atoms in total. The van der Waals surface area contributed by atoms with E-state index in [0.717, 1.165) is 6.29 Å². The number of nitrogens with zero attached hydrogens (tertiary/aromatic N) is 1. The second-order valence-corrected chi connectivity index (χ2v) is 4.49. The normalized spacial score (nSPS) is 8.78. The van der Waals surface area contributed by atoms with Gasteiger partial charge in [-0.2, -0.15) is 17.2 Å². The maximum atomic E-state index is 3.43. The molecule has 0 aliphatic heterocycles. The summed E-state index contributed by atoms with van der Waals surface area (Å²) in [5.74, 6) is 0. The van der Waals surface area contributed by atoms with E-state index in [1.165, 1.54) is 27.9 Å². The molecule has 1 aromatic carbocycles. The molecule has 1 aromatic rings. The van der Waals surface area contributed by atoms with Crippen LogP contribution in [0.1, 0.15) is 22.3 Å². The van der Waals surface area contributed by atoms with E-state index >= 15 is 0 Å². The van der Waals surface area contributed by atoms with E-state index in [-0.39, 0.29) is 21.1 Å². The number of rotatable bonds is 3. The Hall–Kier alpha value is 0.238. The van der Waals surface area contributed by atoms with Gasteiger partial charge in [-0.15, -0.1) is 20.4 Å². The number of anilines is 1. The predicted molar refractivity (Wildman–Crippen MR) is 83.4 cm³/mol. The van der Waals surface area contributed by atoms with Crippen molar-refractivity contribution >= 4 is 24.0 Å². The largest absolute Gasteiger partial charge is 2.00 e. The van der Waals surface area contributed by atoms with Crippen LogP contribution in [0.3, 0.4) is 0 Å². The summed E-state index contributed by atoms with van der Waals surface area (Å²) < 4.78 is 3.43. The first-order valence-corrected chi connectivity index (χ1v) is 6.82. The fourth-order valence-electron chi connectivity index (χ4n) is 1.49. The molecule has 1 unspecified atom stereocenters. The van der Waals surface area contributed by atoms with Gasteiger partial charge in [0.25, 0.3) is 0 Å². The summed E-state index contributed by atoms with van der Waals surface area (Å²) in [6.45, 7) is 12.5. The Morgan fingerprint density at radius 3 is 1.89 bits per heavy atom. The van der Waals surface area contributed by atoms with E-state index in [4.69, 9.17) is 0 Å². The third-order valence-electron chi connectivity index (χ3n) is 2.64. The minimum Gasteiger partial charge on any atom is -0.402 e. The molecule has 1 N–H and O–H groups in total. The molecule has 100 valence electrons. The number of hydrogen-bond donors (Lipinski definition) is 1. The Bertz CT molecular complexity index is 355. The Kier molecular flexibility index (Phi) is 12.7. The minimum atomic E-state index is 0. The standard InChI is InChI=1S/C11H17NP.C2H5NP.W/c1-7-5-8(2)10(4)11(9(7)3)12-6-13;1-2-3-4;/h12H,6,13H2,1-4H3;4H,1-2H2;/q2*-1;+2. The molecular weight excluding hydrogens is 430 g/mol. The Balaban J connectivity index is 0. The number of aryl methyl sites for hydroxylation is 2. The van der Waals surface area contributed by atoms with Crippen molar-refractivity contribution < 1.29 is 21.1 Å². The topological polar surface area (TPSA) is 24.4 Å². The maximum absolute atomic E-state index is 3.43. The van der Waals surface area contributed by atoms with Gasteiger partial charge < -0.3 is 17.0 Å². The zero-order valence-electron chi connectivity index (χ0n) is 11.6. The molecule has 0 fully saturated rings. The van der Waals surface area contributed by atoms with Crippen molar-refractivity contribution in [1.82, 2.24) is 0 Å². The van der Waals surface area contributed by atoms with Crippen LogP contribution in [0, 0.1) is 40.7 Å². The maximum Gasteiger partial charge on any atom is 2.00 e. The van der Waals surface area contributed by atoms with E-state index in [2.05, 4.69) is 69.0 Å². The summed E-state index contributed by atoms with van der Waals surface area (Å²) in [7, 11) is 5.53. The molecule has 0 amide bonds. The van der Waals surface area contributed by atoms with Crippen molar-refractivity contribution in [2.24, 2.45) is 4.74 Å². The molecule has 0 aliphatic rings. The van der Waals surface area contributed by atoms with Crippen molar-refractivity contribution in [3.8, 4) is 0 Å². The SMILES string of the molecule is Cc1[c-]c(C)c(C)c(NCP)c1C.[CH2-]CN=P.[W+2]. The van der Waals surface area contributed by atoms with Crippen LogP contribution >= 0.6 is 18.3 Å². The Morgan fingerprint density at radius 1 is 1.22 bits per heavy atom. The average molecular weight is 452 g/mol. The van der Waals surface area contributed by atoms with Gasteiger partial charge in [0.15, 0.2) is 0 Å². The van der Waals surface area contributed by atoms with E-state index in [1.54, 1.807) is 0 Å². The number of hydrogen-bond acceptors (Lipinski definition) is 2. The minimum absolute atomic E-state index is 0. The van der Waals surface area contributed by atoms with Crippen molar-refractivity contribution in [2.45, 2.75) is 27.7 Å². The van der Waals surface area contributed by atoms with Gasteiger partial charge in [0.2, 0.25) is 0 Å². The van der Waals surface area contributed by atoms with Crippen LogP contribution in [0.25, 0.3) is 0 Å². The van der Waals surface area contributed by atoms with E-state index in [0.29, 0.717) is 6.54 Å². The van der Waals surface area contributed by atoms with Gasteiger partial charge in [0.05, 0.1) is 0 Å². The summed E-state index contributed by atoms with van der Waals surface area (Å²) in [5, 5.41) is 3.37. The van der Waals surface area contributed by atoms with Crippen LogP contribution in [-0.2, 0) is 21.1 Å². The molecule has 1 atom stereocenters. The quantitative estimate of drug-likeness (QED) is 0.542. The van der Waals surface area contributed by atoms with Gasteiger partial charge in [-0.3, -0.25) is 0 Å². The van der Waals surface area contributed by atoms with E-state index in [1.807, 2.05) is 0 Å². The van der Waals surface area contributed by atoms with Gasteiger partial charge in [0, 0.05) is 6.29 Å². The molecule has 0 bridgehead atoms. The fourth-order valence-corrected chi connectivity index (χ4v) is 1.70. The van der Waals surface area contributed by atoms with Crippen molar-refractivity contribution in [2.75, 3.05) is 18.1 Å². The van der Waals surface area contributed by atoms with Crippen LogP contribution in [-0.4, -0.2) is 12.8 Å². The van der Waals surface area contributed by atoms with Crippen molar-refractivity contribution in [1.29, 1.82) is 0 Å². The zero-order chi connectivity index (χ0) is 13.4. The molecule has 0 heterocycles. The van der Waals surface area contributed by atoms with Crippen molar-refractivity contribution in [3.05, 3.63) is 35.2 Å². The first kappa shape index (κ1) is 20.6. The summed E-state index contributed by atoms with van der Waals surface area (Å²) in [5.41, 5.74) is 6.37. The van der Waals surface area contributed by atoms with Gasteiger partial charge >= 0.3 is 21.1 Å². The van der Waals surface area contributed by atoms with Gasteiger partial charge in [-0.25, -0.2) is 0 Å². The second-order valence-electron chi connectivity index (χ2n) is 3.76. The molecule has 5 heteroatoms. The third-order valence-corrected chi connectivity index (χ3v) is 3.07. The number of nitrogens with one attached hydrogen (secondary N) is 1. The molecule has 0 aliphatic carbocycles.